The Bertz CT molecular complexity index is 458. The molecular formula is C12H12O3. The lowest BCUT2D eigenvalue weighted by Gasteiger charge is -2.29. The van der Waals surface area contributed by atoms with Gasteiger partial charge in [0.05, 0.1) is 5.56 Å². The average Bonchev–Trinajstić information content (AvgIpc) is 2.13. The van der Waals surface area contributed by atoms with Crippen molar-refractivity contribution in [2.75, 3.05) is 0 Å². The summed E-state index contributed by atoms with van der Waals surface area (Å²) >= 11 is 0. The molecule has 3 heteroatoms. The number of rotatable bonds is 0. The molecule has 0 unspecified atom stereocenters. The molecule has 0 aliphatic carbocycles. The van der Waals surface area contributed by atoms with Crippen LogP contribution in [0.1, 0.15) is 29.8 Å². The predicted molar refractivity (Wildman–Crippen MR) is 55.2 cm³/mol. The van der Waals surface area contributed by atoms with Gasteiger partial charge in [-0.3, -0.25) is 9.59 Å². The summed E-state index contributed by atoms with van der Waals surface area (Å²) in [6.07, 6.45) is 0. The van der Waals surface area contributed by atoms with Gasteiger partial charge in [0.25, 0.3) is 0 Å². The van der Waals surface area contributed by atoms with Crippen LogP contribution in [0.3, 0.4) is 0 Å². The van der Waals surface area contributed by atoms with Crippen molar-refractivity contribution in [1.29, 1.82) is 0 Å². The number of ether oxygens (including phenoxy) is 1. The molecule has 0 radical (unpaired) electrons. The number of Topliss-reactive ketones (excluding diaryl/α,β-unsaturated/α-hetero) is 2. The normalized spacial score (nSPS) is 18.3. The molecule has 0 fully saturated rings. The van der Waals surface area contributed by atoms with Crippen molar-refractivity contribution in [3.05, 3.63) is 29.3 Å². The smallest absolute Gasteiger partial charge is 0.246 e. The SMILES string of the molecule is Cc1ccc2c(c1)OC(C)(C)C(=O)C2=O. The van der Waals surface area contributed by atoms with Crippen molar-refractivity contribution in [3.8, 4) is 5.75 Å². The largest absolute Gasteiger partial charge is 0.479 e. The molecular weight excluding hydrogens is 192 g/mol. The van der Waals surface area contributed by atoms with E-state index in [2.05, 4.69) is 0 Å². The summed E-state index contributed by atoms with van der Waals surface area (Å²) < 4.78 is 5.51. The van der Waals surface area contributed by atoms with Crippen molar-refractivity contribution in [2.45, 2.75) is 26.4 Å². The average molecular weight is 204 g/mol. The molecule has 1 aliphatic heterocycles. The van der Waals surface area contributed by atoms with E-state index in [0.717, 1.165) is 5.56 Å². The van der Waals surface area contributed by atoms with Crippen LogP contribution in [0, 0.1) is 6.92 Å². The van der Waals surface area contributed by atoms with Gasteiger partial charge in [0.15, 0.2) is 5.60 Å². The Labute approximate surface area is 88.1 Å². The van der Waals surface area contributed by atoms with E-state index in [1.807, 2.05) is 6.92 Å². The fourth-order valence-corrected chi connectivity index (χ4v) is 1.62. The second-order valence-electron chi connectivity index (χ2n) is 4.27. The Morgan fingerprint density at radius 2 is 1.87 bits per heavy atom. The molecule has 0 amide bonds. The van der Waals surface area contributed by atoms with Crippen LogP contribution in [0.15, 0.2) is 18.2 Å². The molecule has 1 heterocycles. The molecule has 0 spiro atoms. The molecule has 15 heavy (non-hydrogen) atoms. The fraction of sp³-hybridized carbons (Fsp3) is 0.333. The van der Waals surface area contributed by atoms with Crippen molar-refractivity contribution < 1.29 is 14.3 Å². The van der Waals surface area contributed by atoms with Crippen LogP contribution < -0.4 is 4.74 Å². The lowest BCUT2D eigenvalue weighted by molar-refractivity contribution is -0.128. The molecule has 1 aromatic carbocycles. The summed E-state index contributed by atoms with van der Waals surface area (Å²) in [5.74, 6) is -0.440. The minimum absolute atomic E-state index is 0.366. The molecule has 0 atom stereocenters. The summed E-state index contributed by atoms with van der Waals surface area (Å²) in [6, 6.07) is 5.22. The summed E-state index contributed by atoms with van der Waals surface area (Å²) in [5.41, 5.74) is 0.328. The molecule has 3 nitrogen and oxygen atoms in total. The van der Waals surface area contributed by atoms with Crippen LogP contribution in [0.5, 0.6) is 5.75 Å². The van der Waals surface area contributed by atoms with Gasteiger partial charge in [0, 0.05) is 0 Å². The second-order valence-corrected chi connectivity index (χ2v) is 4.27. The molecule has 2 rings (SSSR count). The third-order valence-electron chi connectivity index (χ3n) is 2.50. The highest BCUT2D eigenvalue weighted by Gasteiger charge is 2.41. The topological polar surface area (TPSA) is 43.4 Å². The number of benzene rings is 1. The zero-order valence-electron chi connectivity index (χ0n) is 8.96. The number of carbonyl (C=O) groups is 2. The van der Waals surface area contributed by atoms with E-state index in [1.54, 1.807) is 32.0 Å². The van der Waals surface area contributed by atoms with E-state index in [0.29, 0.717) is 11.3 Å². The van der Waals surface area contributed by atoms with E-state index in [9.17, 15) is 9.59 Å². The Morgan fingerprint density at radius 1 is 1.20 bits per heavy atom. The molecule has 0 saturated carbocycles. The lowest BCUT2D eigenvalue weighted by atomic mass is 9.91. The second kappa shape index (κ2) is 2.92. The van der Waals surface area contributed by atoms with Crippen molar-refractivity contribution in [2.24, 2.45) is 0 Å². The molecule has 0 N–H and O–H groups in total. The van der Waals surface area contributed by atoms with Crippen molar-refractivity contribution in [3.63, 3.8) is 0 Å². The van der Waals surface area contributed by atoms with E-state index in [-0.39, 0.29) is 0 Å². The standard InChI is InChI=1S/C12H12O3/c1-7-4-5-8-9(6-7)15-12(2,3)11(14)10(8)13/h4-6H,1-3H3. The number of hydrogen-bond donors (Lipinski definition) is 0. The highest BCUT2D eigenvalue weighted by Crippen LogP contribution is 2.31. The van der Waals surface area contributed by atoms with Crippen LogP contribution in [0.2, 0.25) is 0 Å². The van der Waals surface area contributed by atoms with Crippen LogP contribution in [-0.4, -0.2) is 17.2 Å². The molecule has 1 aliphatic rings. The van der Waals surface area contributed by atoms with E-state index >= 15 is 0 Å². The summed E-state index contributed by atoms with van der Waals surface area (Å²) in [5, 5.41) is 0. The third-order valence-corrected chi connectivity index (χ3v) is 2.50. The van der Waals surface area contributed by atoms with Crippen LogP contribution >= 0.6 is 0 Å². The van der Waals surface area contributed by atoms with Gasteiger partial charge in [0.1, 0.15) is 5.75 Å². The molecule has 1 aromatic rings. The summed E-state index contributed by atoms with van der Waals surface area (Å²) in [4.78, 5) is 23.3. The third kappa shape index (κ3) is 1.44. The lowest BCUT2D eigenvalue weighted by Crippen LogP contribution is -2.46. The van der Waals surface area contributed by atoms with Crippen molar-refractivity contribution in [1.82, 2.24) is 0 Å². The highest BCUT2D eigenvalue weighted by atomic mass is 16.5. The number of hydrogen-bond acceptors (Lipinski definition) is 3. The number of fused-ring (bicyclic) bond motifs is 1. The fourth-order valence-electron chi connectivity index (χ4n) is 1.62. The van der Waals surface area contributed by atoms with Crippen LogP contribution in [0.25, 0.3) is 0 Å². The Hall–Kier alpha value is -1.64. The molecule has 0 aromatic heterocycles. The van der Waals surface area contributed by atoms with Crippen LogP contribution in [-0.2, 0) is 4.79 Å². The van der Waals surface area contributed by atoms with Gasteiger partial charge < -0.3 is 4.74 Å². The van der Waals surface area contributed by atoms with E-state index in [4.69, 9.17) is 4.74 Å². The maximum atomic E-state index is 11.7. The van der Waals surface area contributed by atoms with Crippen LogP contribution in [0.4, 0.5) is 0 Å². The van der Waals surface area contributed by atoms with Gasteiger partial charge >= 0.3 is 0 Å². The summed E-state index contributed by atoms with van der Waals surface area (Å²) in [6.45, 7) is 5.13. The van der Waals surface area contributed by atoms with Gasteiger partial charge in [-0.2, -0.15) is 0 Å². The molecule has 78 valence electrons. The highest BCUT2D eigenvalue weighted by molar-refractivity contribution is 6.47. The zero-order chi connectivity index (χ0) is 11.2. The Balaban J connectivity index is 2.60. The first-order valence-electron chi connectivity index (χ1n) is 4.80. The Kier molecular flexibility index (Phi) is 1.93. The minimum Gasteiger partial charge on any atom is -0.479 e. The van der Waals surface area contributed by atoms with Gasteiger partial charge in [-0.05, 0) is 38.5 Å². The monoisotopic (exact) mass is 204 g/mol. The van der Waals surface area contributed by atoms with E-state index < -0.39 is 17.2 Å². The van der Waals surface area contributed by atoms with E-state index in [1.165, 1.54) is 0 Å². The number of ketones is 2. The number of aryl methyl sites for hydroxylation is 1. The van der Waals surface area contributed by atoms with Gasteiger partial charge in [-0.15, -0.1) is 0 Å². The van der Waals surface area contributed by atoms with Crippen molar-refractivity contribution >= 4 is 11.6 Å². The zero-order valence-corrected chi connectivity index (χ0v) is 8.96. The molecule has 0 bridgehead atoms. The van der Waals surface area contributed by atoms with Gasteiger partial charge in [-0.25, -0.2) is 0 Å². The van der Waals surface area contributed by atoms with Gasteiger partial charge in [0.2, 0.25) is 11.6 Å². The predicted octanol–water partition coefficient (Wildman–Crippen LogP) is 1.92. The first-order chi connectivity index (χ1) is 6.92. The summed E-state index contributed by atoms with van der Waals surface area (Å²) in [7, 11) is 0. The van der Waals surface area contributed by atoms with Gasteiger partial charge in [-0.1, -0.05) is 6.07 Å². The first-order valence-corrected chi connectivity index (χ1v) is 4.80. The maximum Gasteiger partial charge on any atom is 0.246 e. The number of carbonyl (C=O) groups excluding carboxylic acids is 2. The first kappa shape index (κ1) is 9.90. The minimum atomic E-state index is -1.04. The molecule has 0 saturated heterocycles. The Morgan fingerprint density at radius 3 is 2.53 bits per heavy atom. The maximum absolute atomic E-state index is 11.7. The quantitative estimate of drug-likeness (QED) is 0.606.